The summed E-state index contributed by atoms with van der Waals surface area (Å²) < 4.78 is 36.7. The van der Waals surface area contributed by atoms with Crippen LogP contribution in [0.25, 0.3) is 0 Å². The van der Waals surface area contributed by atoms with Crippen LogP contribution in [0.4, 0.5) is 5.69 Å². The van der Waals surface area contributed by atoms with Crippen LogP contribution in [0.5, 0.6) is 5.75 Å². The Bertz CT molecular complexity index is 444. The minimum atomic E-state index is -4.42. The summed E-state index contributed by atoms with van der Waals surface area (Å²) in [5.41, 5.74) is 0.316. The van der Waals surface area contributed by atoms with Crippen molar-refractivity contribution in [1.82, 2.24) is 0 Å². The van der Waals surface area contributed by atoms with E-state index < -0.39 is 10.3 Å². The third-order valence-electron chi connectivity index (χ3n) is 1.41. The van der Waals surface area contributed by atoms with E-state index in [9.17, 15) is 8.42 Å². The molecule has 0 unspecified atom stereocenters. The molecule has 0 bridgehead atoms. The van der Waals surface area contributed by atoms with Crippen LogP contribution in [-0.4, -0.2) is 19.6 Å². The number of hydrogen-bond acceptors (Lipinski definition) is 4. The second-order valence-corrected chi connectivity index (χ2v) is 3.62. The van der Waals surface area contributed by atoms with Crippen molar-refractivity contribution in [1.29, 1.82) is 0 Å². The van der Waals surface area contributed by atoms with Gasteiger partial charge in [-0.2, -0.15) is 8.42 Å². The van der Waals surface area contributed by atoms with E-state index in [-0.39, 0.29) is 29.6 Å². The van der Waals surface area contributed by atoms with Crippen LogP contribution in [0.2, 0.25) is 0 Å². The van der Waals surface area contributed by atoms with Crippen molar-refractivity contribution in [2.75, 3.05) is 6.61 Å². The van der Waals surface area contributed by atoms with Crippen molar-refractivity contribution in [3.63, 3.8) is 0 Å². The molecule has 16 heavy (non-hydrogen) atoms. The number of benzene rings is 1. The van der Waals surface area contributed by atoms with E-state index in [0.717, 1.165) is 0 Å². The minimum Gasteiger partial charge on any atom is -0.494 e. The fraction of sp³-hybridized carbons (Fsp3) is 0.250. The van der Waals surface area contributed by atoms with Crippen LogP contribution in [-0.2, 0) is 10.3 Å². The molecule has 0 spiro atoms. The zero-order chi connectivity index (χ0) is 11.3. The van der Waals surface area contributed by atoms with Crippen molar-refractivity contribution < 1.29 is 47.3 Å². The van der Waals surface area contributed by atoms with Crippen molar-refractivity contribution in [3.05, 3.63) is 24.3 Å². The van der Waals surface area contributed by atoms with Gasteiger partial charge in [-0.05, 0) is 35.7 Å². The third kappa shape index (κ3) is 6.19. The summed E-state index contributed by atoms with van der Waals surface area (Å²) in [6.07, 6.45) is 0. The predicted molar refractivity (Wildman–Crippen MR) is 53.7 cm³/mol. The molecule has 1 N–H and O–H groups in total. The first-order valence-electron chi connectivity index (χ1n) is 4.14. The molecule has 1 aromatic rings. The molecule has 1 rings (SSSR count). The smallest absolute Gasteiger partial charge is 0.494 e. The van der Waals surface area contributed by atoms with E-state index in [2.05, 4.69) is 9.63 Å². The van der Waals surface area contributed by atoms with Gasteiger partial charge in [0, 0.05) is 0 Å². The SMILES string of the molecule is CCOc1ccc(N=NS(=O)(=O)O)cc1.[Na+]. The molecule has 82 valence electrons. The quantitative estimate of drug-likeness (QED) is 0.422. The van der Waals surface area contributed by atoms with Gasteiger partial charge in [0.05, 0.1) is 12.3 Å². The zero-order valence-electron chi connectivity index (χ0n) is 8.99. The maximum Gasteiger partial charge on any atom is 1.00 e. The van der Waals surface area contributed by atoms with E-state index in [1.54, 1.807) is 12.1 Å². The molecule has 0 saturated heterocycles. The maximum absolute atomic E-state index is 10.2. The van der Waals surface area contributed by atoms with Gasteiger partial charge in [0.15, 0.2) is 0 Å². The van der Waals surface area contributed by atoms with Crippen molar-refractivity contribution in [2.45, 2.75) is 6.92 Å². The Balaban J connectivity index is 0.00000225. The van der Waals surface area contributed by atoms with E-state index in [4.69, 9.17) is 9.29 Å². The fourth-order valence-electron chi connectivity index (χ4n) is 0.874. The predicted octanol–water partition coefficient (Wildman–Crippen LogP) is -1.02. The first-order valence-corrected chi connectivity index (χ1v) is 5.54. The molecule has 6 nitrogen and oxygen atoms in total. The number of nitrogens with zero attached hydrogens (tertiary/aromatic N) is 2. The van der Waals surface area contributed by atoms with Crippen molar-refractivity contribution in [3.8, 4) is 5.75 Å². The van der Waals surface area contributed by atoms with E-state index in [1.165, 1.54) is 12.1 Å². The molecular formula is C8H10N2NaO4S+. The summed E-state index contributed by atoms with van der Waals surface area (Å²) in [5.74, 6) is 0.656. The van der Waals surface area contributed by atoms with Gasteiger partial charge in [-0.3, -0.25) is 4.55 Å². The third-order valence-corrected chi connectivity index (χ3v) is 1.70. The molecular weight excluding hydrogens is 243 g/mol. The topological polar surface area (TPSA) is 88.3 Å². The molecule has 0 atom stereocenters. The normalized spacial score (nSPS) is 11.1. The monoisotopic (exact) mass is 253 g/mol. The molecule has 0 heterocycles. The van der Waals surface area contributed by atoms with Crippen LogP contribution >= 0.6 is 0 Å². The molecule has 0 radical (unpaired) electrons. The van der Waals surface area contributed by atoms with Crippen molar-refractivity contribution in [2.24, 2.45) is 9.63 Å². The summed E-state index contributed by atoms with van der Waals surface area (Å²) in [6, 6.07) is 6.31. The van der Waals surface area contributed by atoms with Crippen molar-refractivity contribution >= 4 is 16.0 Å². The van der Waals surface area contributed by atoms with Gasteiger partial charge in [0.2, 0.25) is 0 Å². The number of ether oxygens (including phenoxy) is 1. The van der Waals surface area contributed by atoms with Crippen LogP contribution < -0.4 is 34.3 Å². The zero-order valence-corrected chi connectivity index (χ0v) is 11.8. The van der Waals surface area contributed by atoms with Crippen LogP contribution in [0, 0.1) is 0 Å². The fourth-order valence-corrected chi connectivity index (χ4v) is 1.07. The summed E-state index contributed by atoms with van der Waals surface area (Å²) in [6.45, 7) is 2.40. The second kappa shape index (κ2) is 6.97. The Hall–Kier alpha value is -0.470. The molecule has 0 aliphatic carbocycles. The second-order valence-electron chi connectivity index (χ2n) is 2.56. The van der Waals surface area contributed by atoms with Gasteiger partial charge in [-0.15, -0.1) is 5.11 Å². The average Bonchev–Trinajstić information content (AvgIpc) is 2.16. The Morgan fingerprint density at radius 2 is 1.88 bits per heavy atom. The van der Waals surface area contributed by atoms with Gasteiger partial charge in [-0.1, -0.05) is 0 Å². The molecule has 8 heteroatoms. The van der Waals surface area contributed by atoms with Gasteiger partial charge < -0.3 is 4.74 Å². The summed E-state index contributed by atoms with van der Waals surface area (Å²) in [7, 11) is -4.42. The Morgan fingerprint density at radius 1 is 1.31 bits per heavy atom. The Kier molecular flexibility index (Phi) is 6.77. The van der Waals surface area contributed by atoms with Crippen LogP contribution in [0.3, 0.4) is 0 Å². The molecule has 0 fully saturated rings. The summed E-state index contributed by atoms with van der Waals surface area (Å²) >= 11 is 0. The van der Waals surface area contributed by atoms with Gasteiger partial charge >= 0.3 is 39.9 Å². The molecule has 0 aliphatic rings. The minimum absolute atomic E-state index is 0. The van der Waals surface area contributed by atoms with Gasteiger partial charge in [0.25, 0.3) is 0 Å². The number of hydrogen-bond donors (Lipinski definition) is 1. The molecule has 0 saturated carbocycles. The van der Waals surface area contributed by atoms with E-state index >= 15 is 0 Å². The first-order chi connectivity index (χ1) is 7.01. The van der Waals surface area contributed by atoms with Gasteiger partial charge in [-0.25, -0.2) is 0 Å². The van der Waals surface area contributed by atoms with Crippen LogP contribution in [0.15, 0.2) is 33.9 Å². The van der Waals surface area contributed by atoms with Gasteiger partial charge in [0.1, 0.15) is 5.75 Å². The standard InChI is InChI=1S/C8H10N2O4S.Na/c1-2-14-8-5-3-7(4-6-8)9-10-15(11,12)13;/h3-6H,2H2,1H3,(H,11,12,13);/q;+1. The summed E-state index contributed by atoms with van der Waals surface area (Å²) in [4.78, 5) is 0. The molecule has 1 aromatic carbocycles. The molecule has 0 aromatic heterocycles. The average molecular weight is 253 g/mol. The van der Waals surface area contributed by atoms with E-state index in [0.29, 0.717) is 18.0 Å². The summed E-state index contributed by atoms with van der Waals surface area (Å²) in [5, 5.41) is 3.31. The van der Waals surface area contributed by atoms with Crippen LogP contribution in [0.1, 0.15) is 6.92 Å². The number of rotatable bonds is 4. The Labute approximate surface area is 116 Å². The first kappa shape index (κ1) is 15.5. The Morgan fingerprint density at radius 3 is 2.31 bits per heavy atom. The molecule has 0 amide bonds. The maximum atomic E-state index is 10.2. The van der Waals surface area contributed by atoms with E-state index in [1.807, 2.05) is 6.92 Å². The molecule has 0 aliphatic heterocycles. The largest absolute Gasteiger partial charge is 1.00 e.